The van der Waals surface area contributed by atoms with Crippen molar-refractivity contribution in [1.82, 2.24) is 5.32 Å². The highest BCUT2D eigenvalue weighted by atomic mass is 79.9. The fraction of sp³-hybridized carbons (Fsp3) is 0.500. The van der Waals surface area contributed by atoms with Crippen LogP contribution in [0.5, 0.6) is 0 Å². The normalized spacial score (nSPS) is 21.6. The monoisotopic (exact) mass is 378 g/mol. The molecule has 1 fully saturated rings. The molecular formula is C14H20BrClN2O3. The number of hydrogen-bond acceptors (Lipinski definition) is 4. The maximum Gasteiger partial charge on any atom is 0.335 e. The van der Waals surface area contributed by atoms with E-state index in [2.05, 4.69) is 21.2 Å². The van der Waals surface area contributed by atoms with Crippen LogP contribution in [0.15, 0.2) is 16.6 Å². The van der Waals surface area contributed by atoms with Crippen molar-refractivity contribution >= 4 is 40.0 Å². The molecular weight excluding hydrogens is 360 g/mol. The molecule has 0 amide bonds. The first-order chi connectivity index (χ1) is 9.47. The molecule has 5 N–H and O–H groups in total. The minimum absolute atomic E-state index is 0. The van der Waals surface area contributed by atoms with Crippen LogP contribution in [0.2, 0.25) is 0 Å². The van der Waals surface area contributed by atoms with Gasteiger partial charge in [-0.15, -0.1) is 12.4 Å². The number of benzene rings is 1. The topological polar surface area (TPSA) is 95.6 Å². The van der Waals surface area contributed by atoms with E-state index < -0.39 is 5.97 Å². The number of aliphatic hydroxyl groups excluding tert-OH is 1. The van der Waals surface area contributed by atoms with Gasteiger partial charge < -0.3 is 21.3 Å². The van der Waals surface area contributed by atoms with Crippen molar-refractivity contribution in [3.05, 3.63) is 27.7 Å². The predicted octanol–water partition coefficient (Wildman–Crippen LogP) is 2.54. The van der Waals surface area contributed by atoms with Crippen LogP contribution < -0.4 is 11.1 Å². The smallest absolute Gasteiger partial charge is 0.335 e. The first-order valence-electron chi connectivity index (χ1n) is 6.70. The summed E-state index contributed by atoms with van der Waals surface area (Å²) >= 11 is 3.29. The maximum atomic E-state index is 11.0. The minimum Gasteiger partial charge on any atom is -0.478 e. The van der Waals surface area contributed by atoms with Crippen LogP contribution in [0.3, 0.4) is 0 Å². The Morgan fingerprint density at radius 2 is 1.95 bits per heavy atom. The van der Waals surface area contributed by atoms with E-state index in [-0.39, 0.29) is 24.1 Å². The number of aromatic carboxylic acids is 1. The van der Waals surface area contributed by atoms with E-state index >= 15 is 0 Å². The van der Waals surface area contributed by atoms with Gasteiger partial charge in [-0.2, -0.15) is 0 Å². The Labute approximate surface area is 138 Å². The lowest BCUT2D eigenvalue weighted by atomic mass is 9.93. The highest BCUT2D eigenvalue weighted by Gasteiger charge is 2.19. The molecule has 0 heterocycles. The number of nitrogen functional groups attached to an aromatic ring is 1. The number of rotatable bonds is 4. The molecule has 0 aromatic heterocycles. The molecule has 1 aliphatic carbocycles. The molecule has 1 aliphatic rings. The molecule has 7 heteroatoms. The number of carboxylic acids is 1. The number of carbonyl (C=O) groups is 1. The van der Waals surface area contributed by atoms with Gasteiger partial charge in [0.15, 0.2) is 0 Å². The van der Waals surface area contributed by atoms with Crippen LogP contribution in [-0.2, 0) is 6.54 Å². The zero-order chi connectivity index (χ0) is 14.7. The number of hydrogen-bond donors (Lipinski definition) is 4. The molecule has 0 spiro atoms. The molecule has 0 atom stereocenters. The van der Waals surface area contributed by atoms with Crippen molar-refractivity contribution in [3.8, 4) is 0 Å². The quantitative estimate of drug-likeness (QED) is 0.603. The van der Waals surface area contributed by atoms with Crippen molar-refractivity contribution in [2.75, 3.05) is 5.73 Å². The summed E-state index contributed by atoms with van der Waals surface area (Å²) in [6.07, 6.45) is 3.31. The van der Waals surface area contributed by atoms with Crippen molar-refractivity contribution in [2.24, 2.45) is 0 Å². The van der Waals surface area contributed by atoms with Crippen LogP contribution in [0.25, 0.3) is 0 Å². The van der Waals surface area contributed by atoms with Crippen molar-refractivity contribution < 1.29 is 15.0 Å². The van der Waals surface area contributed by atoms with Crippen molar-refractivity contribution in [2.45, 2.75) is 44.4 Å². The third-order valence-corrected chi connectivity index (χ3v) is 4.40. The van der Waals surface area contributed by atoms with Crippen LogP contribution in [-0.4, -0.2) is 28.3 Å². The highest BCUT2D eigenvalue weighted by Crippen LogP contribution is 2.26. The Morgan fingerprint density at radius 3 is 2.52 bits per heavy atom. The number of halogens is 2. The van der Waals surface area contributed by atoms with E-state index in [0.29, 0.717) is 22.7 Å². The lowest BCUT2D eigenvalue weighted by Gasteiger charge is -2.26. The predicted molar refractivity (Wildman–Crippen MR) is 87.9 cm³/mol. The Hall–Kier alpha value is -0.820. The molecule has 0 unspecified atom stereocenters. The number of carboxylic acid groups (broad SMARTS) is 1. The Kier molecular flexibility index (Phi) is 6.93. The molecule has 0 bridgehead atoms. The van der Waals surface area contributed by atoms with E-state index in [1.807, 2.05) is 0 Å². The average Bonchev–Trinajstić information content (AvgIpc) is 2.42. The molecule has 1 aromatic rings. The molecule has 2 rings (SSSR count). The molecule has 1 aromatic carbocycles. The summed E-state index contributed by atoms with van der Waals surface area (Å²) in [5, 5.41) is 21.9. The molecule has 0 saturated heterocycles. The Morgan fingerprint density at radius 1 is 1.33 bits per heavy atom. The fourth-order valence-electron chi connectivity index (χ4n) is 2.48. The van der Waals surface area contributed by atoms with Crippen LogP contribution >= 0.6 is 28.3 Å². The van der Waals surface area contributed by atoms with E-state index in [4.69, 9.17) is 10.8 Å². The van der Waals surface area contributed by atoms with E-state index in [0.717, 1.165) is 31.2 Å². The molecule has 118 valence electrons. The lowest BCUT2D eigenvalue weighted by molar-refractivity contribution is 0.0696. The van der Waals surface area contributed by atoms with Gasteiger partial charge >= 0.3 is 5.97 Å². The van der Waals surface area contributed by atoms with E-state index in [1.165, 1.54) is 6.07 Å². The number of nitrogens with one attached hydrogen (secondary N) is 1. The summed E-state index contributed by atoms with van der Waals surface area (Å²) in [6, 6.07) is 3.47. The highest BCUT2D eigenvalue weighted by molar-refractivity contribution is 9.10. The second-order valence-electron chi connectivity index (χ2n) is 5.22. The number of aliphatic hydroxyl groups is 1. The zero-order valence-electron chi connectivity index (χ0n) is 11.5. The van der Waals surface area contributed by atoms with Gasteiger partial charge in [0, 0.05) is 17.1 Å². The standard InChI is InChI=1S/C14H19BrN2O3.ClH/c15-12-6-8(14(19)20)5-9(13(12)16)7-17-10-1-3-11(18)4-2-10;/h5-6,10-11,17-18H,1-4,7,16H2,(H,19,20);1H/t10-,11-;. The zero-order valence-corrected chi connectivity index (χ0v) is 13.9. The summed E-state index contributed by atoms with van der Waals surface area (Å²) in [6.45, 7) is 0.534. The third kappa shape index (κ3) is 4.85. The second-order valence-corrected chi connectivity index (χ2v) is 6.08. The van der Waals surface area contributed by atoms with Crippen molar-refractivity contribution in [3.63, 3.8) is 0 Å². The summed E-state index contributed by atoms with van der Waals surface area (Å²) in [7, 11) is 0. The third-order valence-electron chi connectivity index (χ3n) is 3.74. The van der Waals surface area contributed by atoms with Gasteiger partial charge in [-0.25, -0.2) is 4.79 Å². The molecule has 0 aliphatic heterocycles. The molecule has 21 heavy (non-hydrogen) atoms. The Bertz CT molecular complexity index is 505. The second kappa shape index (κ2) is 7.98. The lowest BCUT2D eigenvalue weighted by Crippen LogP contribution is -2.34. The van der Waals surface area contributed by atoms with Gasteiger partial charge in [0.25, 0.3) is 0 Å². The fourth-order valence-corrected chi connectivity index (χ4v) is 2.98. The molecule has 0 radical (unpaired) electrons. The largest absolute Gasteiger partial charge is 0.478 e. The molecule has 5 nitrogen and oxygen atoms in total. The van der Waals surface area contributed by atoms with Gasteiger partial charge in [-0.05, 0) is 59.3 Å². The SMILES string of the molecule is Cl.Nc1c(Br)cc(C(=O)O)cc1CN[C@H]1CC[C@H](O)CC1. The summed E-state index contributed by atoms with van der Waals surface area (Å²) in [5.41, 5.74) is 7.54. The average molecular weight is 380 g/mol. The van der Waals surface area contributed by atoms with Crippen LogP contribution in [0, 0.1) is 0 Å². The van der Waals surface area contributed by atoms with Gasteiger partial charge in [0.05, 0.1) is 17.4 Å². The van der Waals surface area contributed by atoms with Gasteiger partial charge in [0.2, 0.25) is 0 Å². The van der Waals surface area contributed by atoms with Crippen LogP contribution in [0.1, 0.15) is 41.6 Å². The summed E-state index contributed by atoms with van der Waals surface area (Å²) in [5.74, 6) is -0.965. The van der Waals surface area contributed by atoms with E-state index in [1.54, 1.807) is 6.07 Å². The molecule has 1 saturated carbocycles. The van der Waals surface area contributed by atoms with Crippen LogP contribution in [0.4, 0.5) is 5.69 Å². The first-order valence-corrected chi connectivity index (χ1v) is 7.49. The number of anilines is 1. The van der Waals surface area contributed by atoms with E-state index in [9.17, 15) is 9.90 Å². The Balaban J connectivity index is 0.00000220. The van der Waals surface area contributed by atoms with Gasteiger partial charge in [-0.1, -0.05) is 0 Å². The van der Waals surface area contributed by atoms with Gasteiger partial charge in [-0.3, -0.25) is 0 Å². The first kappa shape index (κ1) is 18.2. The van der Waals surface area contributed by atoms with Gasteiger partial charge in [0.1, 0.15) is 0 Å². The number of nitrogens with two attached hydrogens (primary N) is 1. The maximum absolute atomic E-state index is 11.0. The minimum atomic E-state index is -0.965. The van der Waals surface area contributed by atoms with Crippen molar-refractivity contribution in [1.29, 1.82) is 0 Å². The summed E-state index contributed by atoms with van der Waals surface area (Å²) < 4.78 is 0.605. The summed E-state index contributed by atoms with van der Waals surface area (Å²) in [4.78, 5) is 11.0.